The molecule has 0 aliphatic carbocycles. The summed E-state index contributed by atoms with van der Waals surface area (Å²) < 4.78 is 0. The lowest BCUT2D eigenvalue weighted by atomic mass is 9.94. The summed E-state index contributed by atoms with van der Waals surface area (Å²) >= 11 is 0. The van der Waals surface area contributed by atoms with Gasteiger partial charge in [-0.15, -0.1) is 0 Å². The second-order valence-corrected chi connectivity index (χ2v) is 8.94. The normalized spacial score (nSPS) is 21.2. The molecule has 0 aromatic rings. The molecule has 0 aromatic heterocycles. The van der Waals surface area contributed by atoms with Crippen LogP contribution in [0.4, 0.5) is 4.79 Å². The standard InChI is InChI=1S/C21H38N4O3/c1-15(2)19(26)14-18(20(27)16(3)4)22-21(28)25-8-6-17(7-9-25)24-12-10-23(5)11-13-24/h15-18H,6-14H2,1-5H3,(H,22,28). The molecular weight excluding hydrogens is 356 g/mol. The molecule has 0 bridgehead atoms. The number of piperidine rings is 1. The van der Waals surface area contributed by atoms with Crippen LogP contribution in [0.15, 0.2) is 0 Å². The number of likely N-dealkylation sites (tertiary alicyclic amines) is 1. The van der Waals surface area contributed by atoms with E-state index in [0.29, 0.717) is 19.1 Å². The minimum Gasteiger partial charge on any atom is -0.328 e. The Hall–Kier alpha value is -1.47. The van der Waals surface area contributed by atoms with Crippen LogP contribution in [0.1, 0.15) is 47.0 Å². The van der Waals surface area contributed by atoms with Crippen molar-refractivity contribution in [1.82, 2.24) is 20.0 Å². The van der Waals surface area contributed by atoms with Crippen molar-refractivity contribution in [3.05, 3.63) is 0 Å². The van der Waals surface area contributed by atoms with Gasteiger partial charge in [0.1, 0.15) is 5.78 Å². The van der Waals surface area contributed by atoms with Crippen LogP contribution in [0.3, 0.4) is 0 Å². The van der Waals surface area contributed by atoms with Crippen LogP contribution in [0.2, 0.25) is 0 Å². The van der Waals surface area contributed by atoms with Crippen molar-refractivity contribution in [2.24, 2.45) is 11.8 Å². The summed E-state index contributed by atoms with van der Waals surface area (Å²) in [5.74, 6) is -0.422. The van der Waals surface area contributed by atoms with E-state index < -0.39 is 6.04 Å². The van der Waals surface area contributed by atoms with Gasteiger partial charge in [-0.1, -0.05) is 27.7 Å². The first-order chi connectivity index (χ1) is 13.2. The van der Waals surface area contributed by atoms with Crippen LogP contribution in [-0.4, -0.2) is 90.7 Å². The molecule has 1 atom stereocenters. The molecule has 2 fully saturated rings. The summed E-state index contributed by atoms with van der Waals surface area (Å²) in [6.07, 6.45) is 2.01. The van der Waals surface area contributed by atoms with Crippen molar-refractivity contribution in [2.45, 2.75) is 59.0 Å². The number of Topliss-reactive ketones (excluding diaryl/α,β-unsaturated/α-hetero) is 2. The molecule has 0 radical (unpaired) electrons. The number of hydrogen-bond acceptors (Lipinski definition) is 5. The van der Waals surface area contributed by atoms with Gasteiger partial charge in [0, 0.05) is 63.6 Å². The van der Waals surface area contributed by atoms with E-state index in [2.05, 4.69) is 22.2 Å². The predicted molar refractivity (Wildman–Crippen MR) is 110 cm³/mol. The fourth-order valence-electron chi connectivity index (χ4n) is 3.92. The number of rotatable bonds is 7. The molecule has 2 rings (SSSR count). The van der Waals surface area contributed by atoms with Crippen molar-refractivity contribution in [3.8, 4) is 0 Å². The molecule has 2 heterocycles. The Morgan fingerprint density at radius 3 is 1.96 bits per heavy atom. The minimum absolute atomic E-state index is 0.00748. The Balaban J connectivity index is 1.88. The first kappa shape index (κ1) is 22.8. The van der Waals surface area contributed by atoms with Crippen LogP contribution in [-0.2, 0) is 9.59 Å². The van der Waals surface area contributed by atoms with Gasteiger partial charge >= 0.3 is 6.03 Å². The highest BCUT2D eigenvalue weighted by molar-refractivity contribution is 5.94. The molecule has 2 amide bonds. The molecule has 0 aromatic carbocycles. The van der Waals surface area contributed by atoms with E-state index in [1.807, 2.05) is 27.7 Å². The summed E-state index contributed by atoms with van der Waals surface area (Å²) in [6, 6.07) is -0.404. The largest absolute Gasteiger partial charge is 0.328 e. The van der Waals surface area contributed by atoms with Gasteiger partial charge < -0.3 is 15.1 Å². The molecule has 7 heteroatoms. The van der Waals surface area contributed by atoms with Crippen LogP contribution in [0.25, 0.3) is 0 Å². The van der Waals surface area contributed by atoms with E-state index in [1.165, 1.54) is 0 Å². The van der Waals surface area contributed by atoms with Gasteiger partial charge in [0.15, 0.2) is 5.78 Å². The maximum atomic E-state index is 12.7. The maximum Gasteiger partial charge on any atom is 0.317 e. The first-order valence-electron chi connectivity index (χ1n) is 10.7. The third-order valence-corrected chi connectivity index (χ3v) is 6.07. The molecule has 2 aliphatic heterocycles. The van der Waals surface area contributed by atoms with Crippen molar-refractivity contribution < 1.29 is 14.4 Å². The van der Waals surface area contributed by atoms with E-state index in [1.54, 1.807) is 4.90 Å². The predicted octanol–water partition coefficient (Wildman–Crippen LogP) is 1.62. The molecule has 160 valence electrons. The third-order valence-electron chi connectivity index (χ3n) is 6.07. The maximum absolute atomic E-state index is 12.7. The number of ketones is 2. The van der Waals surface area contributed by atoms with Crippen LogP contribution in [0, 0.1) is 11.8 Å². The number of nitrogens with one attached hydrogen (secondary N) is 1. The highest BCUT2D eigenvalue weighted by atomic mass is 16.2. The van der Waals surface area contributed by atoms with Crippen molar-refractivity contribution in [1.29, 1.82) is 0 Å². The fourth-order valence-corrected chi connectivity index (χ4v) is 3.92. The van der Waals surface area contributed by atoms with Crippen LogP contribution in [0.5, 0.6) is 0 Å². The number of hydrogen-bond donors (Lipinski definition) is 1. The highest BCUT2D eigenvalue weighted by Gasteiger charge is 2.31. The van der Waals surface area contributed by atoms with Crippen molar-refractivity contribution in [2.75, 3.05) is 46.3 Å². The molecule has 2 aliphatic rings. The molecular formula is C21H38N4O3. The molecule has 28 heavy (non-hydrogen) atoms. The summed E-state index contributed by atoms with van der Waals surface area (Å²) in [6.45, 7) is 13.0. The van der Waals surface area contributed by atoms with E-state index in [0.717, 1.165) is 39.0 Å². The van der Waals surface area contributed by atoms with E-state index in [4.69, 9.17) is 0 Å². The summed E-state index contributed by atoms with van der Waals surface area (Å²) in [4.78, 5) is 44.1. The summed E-state index contributed by atoms with van der Waals surface area (Å²) in [7, 11) is 2.16. The lowest BCUT2D eigenvalue weighted by Gasteiger charge is -2.42. The number of likely N-dealkylation sites (N-methyl/N-ethyl adjacent to an activating group) is 1. The van der Waals surface area contributed by atoms with Gasteiger partial charge in [-0.3, -0.25) is 14.5 Å². The average molecular weight is 395 g/mol. The van der Waals surface area contributed by atoms with Crippen LogP contribution >= 0.6 is 0 Å². The Labute approximate surface area is 169 Å². The molecule has 7 nitrogen and oxygen atoms in total. The Morgan fingerprint density at radius 1 is 0.893 bits per heavy atom. The number of carbonyl (C=O) groups is 3. The fraction of sp³-hybridized carbons (Fsp3) is 0.857. The number of nitrogens with zero attached hydrogens (tertiary/aromatic N) is 3. The second-order valence-electron chi connectivity index (χ2n) is 8.94. The molecule has 0 spiro atoms. The zero-order valence-electron chi connectivity index (χ0n) is 18.2. The van der Waals surface area contributed by atoms with Gasteiger partial charge in [0.25, 0.3) is 0 Å². The molecule has 0 saturated carbocycles. The van der Waals surface area contributed by atoms with Gasteiger partial charge in [-0.05, 0) is 19.9 Å². The van der Waals surface area contributed by atoms with Crippen LogP contribution < -0.4 is 5.32 Å². The average Bonchev–Trinajstić information content (AvgIpc) is 2.67. The topological polar surface area (TPSA) is 73.0 Å². The van der Waals surface area contributed by atoms with E-state index in [9.17, 15) is 14.4 Å². The number of carbonyl (C=O) groups excluding carboxylic acids is 3. The van der Waals surface area contributed by atoms with E-state index in [-0.39, 0.29) is 35.9 Å². The van der Waals surface area contributed by atoms with Crippen molar-refractivity contribution in [3.63, 3.8) is 0 Å². The molecule has 1 unspecified atom stereocenters. The summed E-state index contributed by atoms with van der Waals surface area (Å²) in [5, 5.41) is 2.85. The SMILES string of the molecule is CC(C)C(=O)CC(NC(=O)N1CCC(N2CCN(C)CC2)CC1)C(=O)C(C)C. The van der Waals surface area contributed by atoms with Gasteiger partial charge in [0.2, 0.25) is 0 Å². The lowest BCUT2D eigenvalue weighted by Crippen LogP contribution is -2.55. The lowest BCUT2D eigenvalue weighted by molar-refractivity contribution is -0.129. The Bertz CT molecular complexity index is 548. The van der Waals surface area contributed by atoms with Gasteiger partial charge in [-0.25, -0.2) is 4.79 Å². The van der Waals surface area contributed by atoms with Crippen molar-refractivity contribution >= 4 is 17.6 Å². The zero-order valence-corrected chi connectivity index (χ0v) is 18.2. The van der Waals surface area contributed by atoms with E-state index >= 15 is 0 Å². The monoisotopic (exact) mass is 394 g/mol. The second kappa shape index (κ2) is 10.3. The van der Waals surface area contributed by atoms with Gasteiger partial charge in [-0.2, -0.15) is 0 Å². The Kier molecular flexibility index (Phi) is 8.43. The summed E-state index contributed by atoms with van der Waals surface area (Å²) in [5.41, 5.74) is 0. The highest BCUT2D eigenvalue weighted by Crippen LogP contribution is 2.18. The Morgan fingerprint density at radius 2 is 1.46 bits per heavy atom. The number of urea groups is 1. The minimum atomic E-state index is -0.724. The molecule has 1 N–H and O–H groups in total. The number of piperazine rings is 1. The number of amides is 2. The third kappa shape index (κ3) is 6.27. The zero-order chi connectivity index (χ0) is 20.8. The molecule has 2 saturated heterocycles. The first-order valence-corrected chi connectivity index (χ1v) is 10.7. The smallest absolute Gasteiger partial charge is 0.317 e. The van der Waals surface area contributed by atoms with Gasteiger partial charge in [0.05, 0.1) is 6.04 Å². The quantitative estimate of drug-likeness (QED) is 0.710.